The number of amides is 1. The summed E-state index contributed by atoms with van der Waals surface area (Å²) in [5.41, 5.74) is 2.40. The molecule has 4 rings (SSSR count). The molecule has 2 atom stereocenters. The van der Waals surface area contributed by atoms with E-state index in [1.807, 2.05) is 37.3 Å². The average Bonchev–Trinajstić information content (AvgIpc) is 2.84. The highest BCUT2D eigenvalue weighted by Gasteiger charge is 2.39. The molecular formula is C24H26N4O3S. The van der Waals surface area contributed by atoms with Crippen molar-refractivity contribution in [3.63, 3.8) is 0 Å². The van der Waals surface area contributed by atoms with Crippen molar-refractivity contribution in [1.29, 1.82) is 0 Å². The zero-order valence-corrected chi connectivity index (χ0v) is 18.7. The molecule has 0 unspecified atom stereocenters. The van der Waals surface area contributed by atoms with Gasteiger partial charge in [0.05, 0.1) is 41.0 Å². The monoisotopic (exact) mass is 450 g/mol. The summed E-state index contributed by atoms with van der Waals surface area (Å²) >= 11 is 0. The molecule has 1 aromatic heterocycles. The summed E-state index contributed by atoms with van der Waals surface area (Å²) in [4.78, 5) is 21.6. The second-order valence-corrected chi connectivity index (χ2v) is 9.85. The smallest absolute Gasteiger partial charge is 0.243 e. The molecule has 7 nitrogen and oxygen atoms in total. The van der Waals surface area contributed by atoms with Gasteiger partial charge in [0.2, 0.25) is 15.9 Å². The number of sulfonamides is 1. The van der Waals surface area contributed by atoms with Crippen molar-refractivity contribution in [2.24, 2.45) is 5.92 Å². The zero-order chi connectivity index (χ0) is 22.6. The van der Waals surface area contributed by atoms with Crippen LogP contribution < -0.4 is 5.32 Å². The average molecular weight is 451 g/mol. The summed E-state index contributed by atoms with van der Waals surface area (Å²) in [6.07, 6.45) is 4.46. The van der Waals surface area contributed by atoms with E-state index in [1.54, 1.807) is 42.7 Å². The van der Waals surface area contributed by atoms with Crippen LogP contribution in [0.15, 0.2) is 78.0 Å². The highest BCUT2D eigenvalue weighted by atomic mass is 32.2. The zero-order valence-electron chi connectivity index (χ0n) is 17.9. The third-order valence-corrected chi connectivity index (χ3v) is 7.61. The number of benzene rings is 2. The van der Waals surface area contributed by atoms with Crippen molar-refractivity contribution in [2.75, 3.05) is 6.54 Å². The van der Waals surface area contributed by atoms with E-state index in [4.69, 9.17) is 0 Å². The van der Waals surface area contributed by atoms with Crippen LogP contribution in [0.25, 0.3) is 0 Å². The molecule has 8 heteroatoms. The van der Waals surface area contributed by atoms with Crippen LogP contribution in [0, 0.1) is 12.8 Å². The number of carbonyl (C=O) groups is 1. The van der Waals surface area contributed by atoms with Crippen LogP contribution in [0.5, 0.6) is 0 Å². The molecule has 166 valence electrons. The van der Waals surface area contributed by atoms with Crippen molar-refractivity contribution in [3.8, 4) is 0 Å². The molecule has 2 aromatic carbocycles. The maximum atomic E-state index is 13.5. The minimum Gasteiger partial charge on any atom is -0.350 e. The first-order valence-electron chi connectivity index (χ1n) is 10.6. The summed E-state index contributed by atoms with van der Waals surface area (Å²) in [5.74, 6) is -0.612. The van der Waals surface area contributed by atoms with Gasteiger partial charge in [-0.05, 0) is 37.5 Å². The maximum Gasteiger partial charge on any atom is 0.243 e. The van der Waals surface area contributed by atoms with Crippen molar-refractivity contribution in [2.45, 2.75) is 37.2 Å². The van der Waals surface area contributed by atoms with E-state index in [0.29, 0.717) is 18.5 Å². The molecule has 0 bridgehead atoms. The van der Waals surface area contributed by atoms with Gasteiger partial charge < -0.3 is 5.32 Å². The number of piperidine rings is 1. The lowest BCUT2D eigenvalue weighted by atomic mass is 9.90. The van der Waals surface area contributed by atoms with Crippen molar-refractivity contribution >= 4 is 15.9 Å². The van der Waals surface area contributed by atoms with Gasteiger partial charge >= 0.3 is 0 Å². The van der Waals surface area contributed by atoms with E-state index in [0.717, 1.165) is 11.3 Å². The molecule has 1 aliphatic heterocycles. The third-order valence-electron chi connectivity index (χ3n) is 5.72. The van der Waals surface area contributed by atoms with Crippen LogP contribution in [-0.2, 0) is 21.4 Å². The van der Waals surface area contributed by atoms with Crippen LogP contribution in [0.1, 0.15) is 35.8 Å². The Bertz CT molecular complexity index is 1150. The van der Waals surface area contributed by atoms with E-state index in [2.05, 4.69) is 15.3 Å². The van der Waals surface area contributed by atoms with Gasteiger partial charge in [-0.15, -0.1) is 0 Å². The lowest BCUT2D eigenvalue weighted by molar-refractivity contribution is -0.126. The molecule has 0 aliphatic carbocycles. The van der Waals surface area contributed by atoms with Gasteiger partial charge in [0.1, 0.15) is 0 Å². The Labute approximate surface area is 188 Å². The molecule has 32 heavy (non-hydrogen) atoms. The highest BCUT2D eigenvalue weighted by Crippen LogP contribution is 2.37. The molecule has 1 saturated heterocycles. The van der Waals surface area contributed by atoms with Crippen LogP contribution in [0.4, 0.5) is 0 Å². The summed E-state index contributed by atoms with van der Waals surface area (Å²) in [7, 11) is -3.77. The largest absolute Gasteiger partial charge is 0.350 e. The van der Waals surface area contributed by atoms with Crippen LogP contribution in [0.2, 0.25) is 0 Å². The van der Waals surface area contributed by atoms with Crippen LogP contribution in [-0.4, -0.2) is 35.1 Å². The first kappa shape index (κ1) is 22.1. The van der Waals surface area contributed by atoms with E-state index in [-0.39, 0.29) is 29.9 Å². The van der Waals surface area contributed by atoms with Gasteiger partial charge in [-0.2, -0.15) is 4.31 Å². The van der Waals surface area contributed by atoms with Crippen molar-refractivity contribution < 1.29 is 13.2 Å². The Morgan fingerprint density at radius 1 is 1.00 bits per heavy atom. The van der Waals surface area contributed by atoms with E-state index < -0.39 is 15.9 Å². The van der Waals surface area contributed by atoms with E-state index in [1.165, 1.54) is 4.31 Å². The maximum absolute atomic E-state index is 13.5. The molecule has 0 radical (unpaired) electrons. The number of carbonyl (C=O) groups excluding carboxylic acids is 1. The second-order valence-electron chi connectivity index (χ2n) is 7.96. The SMILES string of the molecule is Cc1cnc(CNC(=O)[C@@H]2CC[C@H](c3ccccc3)N(S(=O)(=O)c3ccccc3)C2)cn1. The van der Waals surface area contributed by atoms with Crippen molar-refractivity contribution in [1.82, 2.24) is 19.6 Å². The summed E-state index contributed by atoms with van der Waals surface area (Å²) in [5, 5.41) is 2.89. The molecular weight excluding hydrogens is 424 g/mol. The fourth-order valence-corrected chi connectivity index (χ4v) is 5.70. The van der Waals surface area contributed by atoms with Gasteiger partial charge in [0.15, 0.2) is 0 Å². The third kappa shape index (κ3) is 4.87. The number of nitrogens with one attached hydrogen (secondary N) is 1. The Morgan fingerprint density at radius 2 is 1.69 bits per heavy atom. The van der Waals surface area contributed by atoms with Gasteiger partial charge in [0.25, 0.3) is 0 Å². The summed E-state index contributed by atoms with van der Waals surface area (Å²) in [6, 6.07) is 17.7. The fourth-order valence-electron chi connectivity index (χ4n) is 3.99. The van der Waals surface area contributed by atoms with Crippen LogP contribution in [0.3, 0.4) is 0 Å². The normalized spacial score (nSPS) is 19.4. The second kappa shape index (κ2) is 9.58. The first-order valence-corrected chi connectivity index (χ1v) is 12.1. The Kier molecular flexibility index (Phi) is 6.62. The Hall–Kier alpha value is -3.10. The first-order chi connectivity index (χ1) is 15.4. The summed E-state index contributed by atoms with van der Waals surface area (Å²) < 4.78 is 28.5. The van der Waals surface area contributed by atoms with E-state index in [9.17, 15) is 13.2 Å². The van der Waals surface area contributed by atoms with Gasteiger partial charge in [-0.1, -0.05) is 48.5 Å². The molecule has 1 amide bonds. The Morgan fingerprint density at radius 3 is 2.34 bits per heavy atom. The summed E-state index contributed by atoms with van der Waals surface area (Å²) in [6.45, 7) is 2.24. The number of aromatic nitrogens is 2. The molecule has 0 spiro atoms. The molecule has 1 aliphatic rings. The topological polar surface area (TPSA) is 92.3 Å². The molecule has 1 N–H and O–H groups in total. The number of hydrogen-bond donors (Lipinski definition) is 1. The molecule has 1 fully saturated rings. The molecule has 2 heterocycles. The van der Waals surface area contributed by atoms with E-state index >= 15 is 0 Å². The fraction of sp³-hybridized carbons (Fsp3) is 0.292. The molecule has 0 saturated carbocycles. The van der Waals surface area contributed by atoms with Crippen molar-refractivity contribution in [3.05, 3.63) is 90.0 Å². The van der Waals surface area contributed by atoms with Gasteiger partial charge in [0, 0.05) is 12.7 Å². The van der Waals surface area contributed by atoms with Gasteiger partial charge in [-0.25, -0.2) is 8.42 Å². The number of rotatable bonds is 6. The lowest BCUT2D eigenvalue weighted by Gasteiger charge is -2.38. The molecule has 3 aromatic rings. The number of aryl methyl sites for hydroxylation is 1. The quantitative estimate of drug-likeness (QED) is 0.622. The highest BCUT2D eigenvalue weighted by molar-refractivity contribution is 7.89. The van der Waals surface area contributed by atoms with Crippen LogP contribution >= 0.6 is 0 Å². The number of nitrogens with zero attached hydrogens (tertiary/aromatic N) is 3. The lowest BCUT2D eigenvalue weighted by Crippen LogP contribution is -2.46. The predicted octanol–water partition coefficient (Wildman–Crippen LogP) is 3.24. The number of hydrogen-bond acceptors (Lipinski definition) is 5. The minimum absolute atomic E-state index is 0.127. The minimum atomic E-state index is -3.77. The Balaban J connectivity index is 1.55. The predicted molar refractivity (Wildman–Crippen MR) is 121 cm³/mol. The van der Waals surface area contributed by atoms with Gasteiger partial charge in [-0.3, -0.25) is 14.8 Å². The standard InChI is InChI=1S/C24H26N4O3S/c1-18-14-26-21(15-25-18)16-27-24(29)20-12-13-23(19-8-4-2-5-9-19)28(17-20)32(30,31)22-10-6-3-7-11-22/h2-11,14-15,20,23H,12-13,16-17H2,1H3,(H,27,29)/t20-,23-/m1/s1.